The summed E-state index contributed by atoms with van der Waals surface area (Å²) in [5, 5.41) is 25.3. The van der Waals surface area contributed by atoms with Crippen molar-refractivity contribution in [2.24, 2.45) is 0 Å². The molecule has 0 atom stereocenters. The predicted octanol–water partition coefficient (Wildman–Crippen LogP) is 2.70. The zero-order chi connectivity index (χ0) is 24.7. The second-order valence-corrected chi connectivity index (χ2v) is 7.74. The summed E-state index contributed by atoms with van der Waals surface area (Å²) in [7, 11) is 4.21. The van der Waals surface area contributed by atoms with Crippen molar-refractivity contribution in [1.82, 2.24) is 15.5 Å². The molecule has 0 radical (unpaired) electrons. The first kappa shape index (κ1) is 24.4. The van der Waals surface area contributed by atoms with E-state index in [0.717, 1.165) is 17.4 Å². The number of nitro benzene ring substituents is 1. The van der Waals surface area contributed by atoms with Crippen molar-refractivity contribution < 1.29 is 28.7 Å². The van der Waals surface area contributed by atoms with E-state index >= 15 is 0 Å². The number of amides is 2. The van der Waals surface area contributed by atoms with Gasteiger partial charge in [-0.15, -0.1) is 10.2 Å². The van der Waals surface area contributed by atoms with Gasteiger partial charge in [-0.25, -0.2) is 0 Å². The Labute approximate surface area is 198 Å². The fraction of sp³-hybridized carbons (Fsp3) is 0.238. The van der Waals surface area contributed by atoms with E-state index in [4.69, 9.17) is 14.2 Å². The van der Waals surface area contributed by atoms with Crippen molar-refractivity contribution in [2.45, 2.75) is 6.42 Å². The van der Waals surface area contributed by atoms with Gasteiger partial charge in [0.25, 0.3) is 17.5 Å². The highest BCUT2D eigenvalue weighted by Gasteiger charge is 2.25. The first-order valence-electron chi connectivity index (χ1n) is 9.82. The number of anilines is 1. The summed E-state index contributed by atoms with van der Waals surface area (Å²) in [5.74, 6) is -0.144. The van der Waals surface area contributed by atoms with Gasteiger partial charge in [0, 0.05) is 24.6 Å². The minimum atomic E-state index is -0.748. The minimum Gasteiger partial charge on any atom is -0.497 e. The maximum Gasteiger partial charge on any atom is 0.286 e. The van der Waals surface area contributed by atoms with Crippen molar-refractivity contribution >= 4 is 34.0 Å². The number of hydrogen-bond donors (Lipinski definition) is 2. The molecule has 34 heavy (non-hydrogen) atoms. The molecular formula is C21H21N5O7S. The Hall–Kier alpha value is -4.26. The van der Waals surface area contributed by atoms with Crippen molar-refractivity contribution in [2.75, 3.05) is 33.2 Å². The molecule has 13 heteroatoms. The number of hydrogen-bond acceptors (Lipinski definition) is 10. The van der Waals surface area contributed by atoms with E-state index in [9.17, 15) is 19.7 Å². The van der Waals surface area contributed by atoms with E-state index in [2.05, 4.69) is 20.8 Å². The predicted molar refractivity (Wildman–Crippen MR) is 123 cm³/mol. The number of nitro groups is 1. The molecule has 2 aromatic carbocycles. The first-order valence-corrected chi connectivity index (χ1v) is 10.6. The molecule has 0 unspecified atom stereocenters. The van der Waals surface area contributed by atoms with Crippen molar-refractivity contribution in [1.29, 1.82) is 0 Å². The number of nitrogens with zero attached hydrogens (tertiary/aromatic N) is 3. The second-order valence-electron chi connectivity index (χ2n) is 6.67. The van der Waals surface area contributed by atoms with Gasteiger partial charge in [0.05, 0.1) is 32.3 Å². The number of carbonyl (C=O) groups is 2. The standard InChI is InChI=1S/C21H21N5O7S/c1-31-13-6-4-5-12(9-13)19(27)22-8-7-18-24-25-21(34-18)23-20(28)14-10-16(32-2)17(33-3)11-15(14)26(29)30/h4-6,9-11H,7-8H2,1-3H3,(H,22,27)(H,23,25,28). The van der Waals surface area contributed by atoms with Crippen LogP contribution in [0.5, 0.6) is 17.2 Å². The van der Waals surface area contributed by atoms with Gasteiger partial charge in [0.1, 0.15) is 16.3 Å². The molecule has 0 fully saturated rings. The maximum absolute atomic E-state index is 12.7. The quantitative estimate of drug-likeness (QED) is 0.324. The molecule has 3 rings (SSSR count). The van der Waals surface area contributed by atoms with E-state index in [1.165, 1.54) is 27.4 Å². The minimum absolute atomic E-state index is 0.125. The summed E-state index contributed by atoms with van der Waals surface area (Å²) in [6, 6.07) is 9.10. The highest BCUT2D eigenvalue weighted by atomic mass is 32.1. The third-order valence-corrected chi connectivity index (χ3v) is 5.49. The molecule has 0 bridgehead atoms. The number of rotatable bonds is 10. The summed E-state index contributed by atoms with van der Waals surface area (Å²) in [6.45, 7) is 0.291. The number of aromatic nitrogens is 2. The lowest BCUT2D eigenvalue weighted by molar-refractivity contribution is -0.385. The Balaban J connectivity index is 1.63. The molecule has 2 amide bonds. The third-order valence-electron chi connectivity index (χ3n) is 4.59. The molecule has 0 saturated carbocycles. The van der Waals surface area contributed by atoms with Crippen LogP contribution in [0.4, 0.5) is 10.8 Å². The van der Waals surface area contributed by atoms with E-state index in [1.54, 1.807) is 24.3 Å². The van der Waals surface area contributed by atoms with Crippen LogP contribution in [-0.2, 0) is 6.42 Å². The van der Waals surface area contributed by atoms with Gasteiger partial charge >= 0.3 is 0 Å². The molecule has 0 aliphatic rings. The monoisotopic (exact) mass is 487 g/mol. The molecule has 1 aromatic heterocycles. The smallest absolute Gasteiger partial charge is 0.286 e. The average molecular weight is 487 g/mol. The van der Waals surface area contributed by atoms with Gasteiger partial charge in [-0.3, -0.25) is 25.0 Å². The fourth-order valence-corrected chi connectivity index (χ4v) is 3.65. The maximum atomic E-state index is 12.7. The largest absolute Gasteiger partial charge is 0.497 e. The van der Waals surface area contributed by atoms with Crippen LogP contribution in [0.3, 0.4) is 0 Å². The van der Waals surface area contributed by atoms with E-state index < -0.39 is 16.5 Å². The Kier molecular flexibility index (Phi) is 7.92. The molecule has 12 nitrogen and oxygen atoms in total. The normalized spacial score (nSPS) is 10.3. The number of methoxy groups -OCH3 is 3. The average Bonchev–Trinajstić information content (AvgIpc) is 3.29. The van der Waals surface area contributed by atoms with Gasteiger partial charge in [0.15, 0.2) is 11.5 Å². The molecule has 1 heterocycles. The van der Waals surface area contributed by atoms with Crippen LogP contribution in [0.2, 0.25) is 0 Å². The van der Waals surface area contributed by atoms with Crippen LogP contribution >= 0.6 is 11.3 Å². The molecule has 2 N–H and O–H groups in total. The Morgan fingerprint density at radius 3 is 2.44 bits per heavy atom. The number of benzene rings is 2. The van der Waals surface area contributed by atoms with Crippen LogP contribution in [0, 0.1) is 10.1 Å². The molecule has 0 spiro atoms. The molecule has 3 aromatic rings. The van der Waals surface area contributed by atoms with Crippen LogP contribution in [0.15, 0.2) is 36.4 Å². The second kappa shape index (κ2) is 11.0. The number of ether oxygens (including phenoxy) is 3. The summed E-state index contributed by atoms with van der Waals surface area (Å²) in [4.78, 5) is 35.7. The number of carbonyl (C=O) groups excluding carboxylic acids is 2. The zero-order valence-corrected chi connectivity index (χ0v) is 19.3. The molecule has 0 saturated heterocycles. The van der Waals surface area contributed by atoms with E-state index in [-0.39, 0.29) is 28.1 Å². The van der Waals surface area contributed by atoms with Gasteiger partial charge in [-0.05, 0) is 18.2 Å². The fourth-order valence-electron chi connectivity index (χ4n) is 2.92. The molecule has 178 valence electrons. The van der Waals surface area contributed by atoms with Crippen molar-refractivity contribution in [3.63, 3.8) is 0 Å². The van der Waals surface area contributed by atoms with Gasteiger partial charge < -0.3 is 19.5 Å². The molecule has 0 aliphatic carbocycles. The lowest BCUT2D eigenvalue weighted by Gasteiger charge is -2.10. The van der Waals surface area contributed by atoms with Gasteiger partial charge in [0.2, 0.25) is 5.13 Å². The first-order chi connectivity index (χ1) is 16.4. The summed E-state index contributed by atoms with van der Waals surface area (Å²) in [6.07, 6.45) is 0.375. The Morgan fingerprint density at radius 1 is 1.03 bits per heavy atom. The molecule has 0 aliphatic heterocycles. The Morgan fingerprint density at radius 2 is 1.76 bits per heavy atom. The highest BCUT2D eigenvalue weighted by Crippen LogP contribution is 2.35. The van der Waals surface area contributed by atoms with Gasteiger partial charge in [-0.1, -0.05) is 17.4 Å². The third kappa shape index (κ3) is 5.75. The lowest BCUT2D eigenvalue weighted by atomic mass is 10.1. The van der Waals surface area contributed by atoms with Crippen molar-refractivity contribution in [3.8, 4) is 17.2 Å². The zero-order valence-electron chi connectivity index (χ0n) is 18.5. The van der Waals surface area contributed by atoms with E-state index in [0.29, 0.717) is 29.3 Å². The van der Waals surface area contributed by atoms with Crippen LogP contribution < -0.4 is 24.8 Å². The lowest BCUT2D eigenvalue weighted by Crippen LogP contribution is -2.25. The Bertz CT molecular complexity index is 1210. The number of nitrogens with one attached hydrogen (secondary N) is 2. The summed E-state index contributed by atoms with van der Waals surface area (Å²) in [5.41, 5.74) is -0.203. The van der Waals surface area contributed by atoms with Crippen LogP contribution in [0.25, 0.3) is 0 Å². The van der Waals surface area contributed by atoms with Crippen LogP contribution in [-0.4, -0.2) is 54.8 Å². The summed E-state index contributed by atoms with van der Waals surface area (Å²) < 4.78 is 15.3. The van der Waals surface area contributed by atoms with Gasteiger partial charge in [-0.2, -0.15) is 0 Å². The SMILES string of the molecule is COc1cccc(C(=O)NCCc2nnc(NC(=O)c3cc(OC)c(OC)cc3[N+](=O)[O-])s2)c1. The molecular weight excluding hydrogens is 466 g/mol. The van der Waals surface area contributed by atoms with Crippen LogP contribution in [0.1, 0.15) is 25.7 Å². The highest BCUT2D eigenvalue weighted by molar-refractivity contribution is 7.15. The van der Waals surface area contributed by atoms with Crippen molar-refractivity contribution in [3.05, 3.63) is 62.6 Å². The van der Waals surface area contributed by atoms with E-state index in [1.807, 2.05) is 0 Å². The summed E-state index contributed by atoms with van der Waals surface area (Å²) >= 11 is 1.09. The topological polar surface area (TPSA) is 155 Å².